The maximum absolute atomic E-state index is 2.43. The van der Waals surface area contributed by atoms with Crippen LogP contribution in [0.5, 0.6) is 0 Å². The minimum Gasteiger partial charge on any atom is -0.310 e. The van der Waals surface area contributed by atoms with E-state index in [1.54, 1.807) is 0 Å². The predicted octanol–water partition coefficient (Wildman–Crippen LogP) is 11.5. The van der Waals surface area contributed by atoms with Gasteiger partial charge in [0.25, 0.3) is 0 Å². The molecule has 0 saturated carbocycles. The Kier molecular flexibility index (Phi) is 7.21. The first kappa shape index (κ1) is 27.5. The molecule has 1 heteroatoms. The summed E-state index contributed by atoms with van der Waals surface area (Å²) in [5, 5.41) is 1.30. The van der Waals surface area contributed by atoms with Crippen molar-refractivity contribution in [3.8, 4) is 39.1 Å². The Balaban J connectivity index is 1.51. The van der Waals surface area contributed by atoms with E-state index in [0.29, 0.717) is 0 Å². The van der Waals surface area contributed by atoms with Crippen molar-refractivity contribution in [2.24, 2.45) is 0 Å². The Morgan fingerprint density at radius 2 is 1.24 bits per heavy atom. The van der Waals surface area contributed by atoms with Crippen LogP contribution in [0.3, 0.4) is 0 Å². The van der Waals surface area contributed by atoms with Gasteiger partial charge >= 0.3 is 0 Å². The van der Waals surface area contributed by atoms with Crippen molar-refractivity contribution < 1.29 is 0 Å². The average Bonchev–Trinajstić information content (AvgIpc) is 3.25. The van der Waals surface area contributed by atoms with E-state index in [4.69, 9.17) is 0 Å². The zero-order valence-electron chi connectivity index (χ0n) is 25.8. The SMILES string of the molecule is C/C=C\c1c(C)c2cc(-c3ccccc3C)c(C)cc2n1-c1cccc(-c2cccc(-c3cc(C)cc(C)c3C)c2)c1. The first-order valence-electron chi connectivity index (χ1n) is 14.9. The second kappa shape index (κ2) is 11.0. The third-order valence-corrected chi connectivity index (χ3v) is 8.80. The van der Waals surface area contributed by atoms with Crippen LogP contribution in [0.4, 0.5) is 0 Å². The van der Waals surface area contributed by atoms with Gasteiger partial charge < -0.3 is 4.57 Å². The number of rotatable bonds is 5. The number of hydrogen-bond donors (Lipinski definition) is 0. The van der Waals surface area contributed by atoms with Gasteiger partial charge in [0.2, 0.25) is 0 Å². The zero-order chi connectivity index (χ0) is 29.5. The Hall–Kier alpha value is -4.62. The van der Waals surface area contributed by atoms with Crippen LogP contribution in [0.15, 0.2) is 103 Å². The van der Waals surface area contributed by atoms with E-state index in [9.17, 15) is 0 Å². The summed E-state index contributed by atoms with van der Waals surface area (Å²) in [6.07, 6.45) is 4.39. The molecule has 42 heavy (non-hydrogen) atoms. The molecule has 1 aromatic heterocycles. The molecule has 0 radical (unpaired) electrons. The quantitative estimate of drug-likeness (QED) is 0.203. The molecule has 0 saturated heterocycles. The van der Waals surface area contributed by atoms with Crippen LogP contribution >= 0.6 is 0 Å². The van der Waals surface area contributed by atoms with Gasteiger partial charge in [0.05, 0.1) is 5.52 Å². The van der Waals surface area contributed by atoms with Gasteiger partial charge in [-0.2, -0.15) is 0 Å². The summed E-state index contributed by atoms with van der Waals surface area (Å²) in [6, 6.07) is 36.0. The first-order valence-corrected chi connectivity index (χ1v) is 14.9. The Morgan fingerprint density at radius 3 is 2.00 bits per heavy atom. The van der Waals surface area contributed by atoms with Gasteiger partial charge in [0, 0.05) is 16.8 Å². The van der Waals surface area contributed by atoms with E-state index < -0.39 is 0 Å². The number of allylic oxidation sites excluding steroid dienone is 1. The third-order valence-electron chi connectivity index (χ3n) is 8.80. The summed E-state index contributed by atoms with van der Waals surface area (Å²) in [5.74, 6) is 0. The number of benzene rings is 5. The van der Waals surface area contributed by atoms with Gasteiger partial charge in [-0.25, -0.2) is 0 Å². The monoisotopic (exact) mass is 545 g/mol. The number of nitrogens with zero attached hydrogens (tertiary/aromatic N) is 1. The molecule has 0 atom stereocenters. The van der Waals surface area contributed by atoms with E-state index in [1.807, 2.05) is 0 Å². The highest BCUT2D eigenvalue weighted by molar-refractivity contribution is 5.95. The van der Waals surface area contributed by atoms with Crippen LogP contribution in [0.1, 0.15) is 46.0 Å². The summed E-state index contributed by atoms with van der Waals surface area (Å²) in [5.41, 5.74) is 19.1. The fraction of sp³-hybridized carbons (Fsp3) is 0.171. The van der Waals surface area contributed by atoms with Gasteiger partial charge in [-0.05, 0) is 146 Å². The minimum atomic E-state index is 1.18. The fourth-order valence-corrected chi connectivity index (χ4v) is 6.44. The molecule has 0 amide bonds. The smallest absolute Gasteiger partial charge is 0.0540 e. The molecule has 208 valence electrons. The van der Waals surface area contributed by atoms with Crippen LogP contribution in [0.2, 0.25) is 0 Å². The predicted molar refractivity (Wildman–Crippen MR) is 183 cm³/mol. The van der Waals surface area contributed by atoms with Gasteiger partial charge in [-0.15, -0.1) is 0 Å². The van der Waals surface area contributed by atoms with Crippen molar-refractivity contribution in [1.29, 1.82) is 0 Å². The lowest BCUT2D eigenvalue weighted by atomic mass is 9.92. The molecule has 0 aliphatic carbocycles. The summed E-state index contributed by atoms with van der Waals surface area (Å²) < 4.78 is 2.43. The number of aryl methyl sites for hydroxylation is 5. The second-order valence-electron chi connectivity index (χ2n) is 11.7. The number of hydrogen-bond acceptors (Lipinski definition) is 0. The number of fused-ring (bicyclic) bond motifs is 1. The molecule has 0 N–H and O–H groups in total. The van der Waals surface area contributed by atoms with Crippen LogP contribution in [-0.2, 0) is 0 Å². The van der Waals surface area contributed by atoms with Crippen LogP contribution < -0.4 is 0 Å². The molecular weight excluding hydrogens is 506 g/mol. The standard InChI is InChI=1S/C41H39N/c1-8-13-40-31(7)39-25-37(36-19-10-9-14-27(36)3)29(5)22-41(39)42(40)35-18-12-16-33(24-35)32-15-11-17-34(23-32)38-21-26(2)20-28(4)30(38)6/h8-25H,1-7H3/b13-8-. The first-order chi connectivity index (χ1) is 20.3. The summed E-state index contributed by atoms with van der Waals surface area (Å²) in [7, 11) is 0. The molecule has 0 bridgehead atoms. The molecule has 0 spiro atoms. The molecule has 0 unspecified atom stereocenters. The van der Waals surface area contributed by atoms with Crippen molar-refractivity contribution in [3.05, 3.63) is 142 Å². The molecule has 0 fully saturated rings. The van der Waals surface area contributed by atoms with Gasteiger partial charge in [0.15, 0.2) is 0 Å². The molecule has 6 rings (SSSR count). The Labute approximate surface area is 250 Å². The zero-order valence-corrected chi connectivity index (χ0v) is 25.8. The Bertz CT molecular complexity index is 2000. The number of aromatic nitrogens is 1. The average molecular weight is 546 g/mol. The van der Waals surface area contributed by atoms with Crippen molar-refractivity contribution in [3.63, 3.8) is 0 Å². The summed E-state index contributed by atoms with van der Waals surface area (Å²) in [6.45, 7) is 15.4. The summed E-state index contributed by atoms with van der Waals surface area (Å²) in [4.78, 5) is 0. The van der Waals surface area contributed by atoms with Gasteiger partial charge in [-0.1, -0.05) is 78.4 Å². The van der Waals surface area contributed by atoms with E-state index in [0.717, 1.165) is 0 Å². The van der Waals surface area contributed by atoms with Crippen molar-refractivity contribution >= 4 is 17.0 Å². The molecular formula is C41H39N. The lowest BCUT2D eigenvalue weighted by molar-refractivity contribution is 1.10. The molecule has 0 aliphatic heterocycles. The van der Waals surface area contributed by atoms with E-state index >= 15 is 0 Å². The highest BCUT2D eigenvalue weighted by Crippen LogP contribution is 2.38. The Morgan fingerprint density at radius 1 is 0.524 bits per heavy atom. The molecule has 5 aromatic carbocycles. The van der Waals surface area contributed by atoms with Crippen LogP contribution in [0.25, 0.3) is 56.0 Å². The molecule has 0 aliphatic rings. The largest absolute Gasteiger partial charge is 0.310 e. The maximum atomic E-state index is 2.43. The topological polar surface area (TPSA) is 4.93 Å². The van der Waals surface area contributed by atoms with Crippen LogP contribution in [0, 0.1) is 41.5 Å². The molecule has 6 aromatic rings. The lowest BCUT2D eigenvalue weighted by Crippen LogP contribution is -1.98. The maximum Gasteiger partial charge on any atom is 0.0540 e. The van der Waals surface area contributed by atoms with Crippen molar-refractivity contribution in [2.75, 3.05) is 0 Å². The van der Waals surface area contributed by atoms with Gasteiger partial charge in [-0.3, -0.25) is 0 Å². The minimum absolute atomic E-state index is 1.18. The highest BCUT2D eigenvalue weighted by Gasteiger charge is 2.17. The normalized spacial score (nSPS) is 11.6. The highest BCUT2D eigenvalue weighted by atomic mass is 15.0. The second-order valence-corrected chi connectivity index (χ2v) is 11.7. The lowest BCUT2D eigenvalue weighted by Gasteiger charge is -2.15. The summed E-state index contributed by atoms with van der Waals surface area (Å²) >= 11 is 0. The van der Waals surface area contributed by atoms with Gasteiger partial charge in [0.1, 0.15) is 0 Å². The van der Waals surface area contributed by atoms with E-state index in [2.05, 4.69) is 162 Å². The fourth-order valence-electron chi connectivity index (χ4n) is 6.44. The van der Waals surface area contributed by atoms with Crippen molar-refractivity contribution in [2.45, 2.75) is 48.5 Å². The van der Waals surface area contributed by atoms with E-state index in [-0.39, 0.29) is 0 Å². The third kappa shape index (κ3) is 4.80. The van der Waals surface area contributed by atoms with E-state index in [1.165, 1.54) is 89.0 Å². The molecule has 1 nitrogen and oxygen atoms in total. The van der Waals surface area contributed by atoms with Crippen molar-refractivity contribution in [1.82, 2.24) is 4.57 Å². The molecule has 1 heterocycles. The van der Waals surface area contributed by atoms with Crippen LogP contribution in [-0.4, -0.2) is 4.57 Å².